The van der Waals surface area contributed by atoms with Crippen molar-refractivity contribution in [3.8, 4) is 0 Å². The molecule has 2 N–H and O–H groups in total. The van der Waals surface area contributed by atoms with Crippen LogP contribution in [0.4, 0.5) is 4.79 Å². The molecule has 0 saturated carbocycles. The molecule has 2 aliphatic rings. The molecule has 0 spiro atoms. The van der Waals surface area contributed by atoms with Crippen molar-refractivity contribution in [1.29, 1.82) is 0 Å². The molecule has 3 unspecified atom stereocenters. The monoisotopic (exact) mass is 478 g/mol. The normalized spacial score (nSPS) is 29.0. The second kappa shape index (κ2) is 13.8. The third-order valence-electron chi connectivity index (χ3n) is 5.81. The highest BCUT2D eigenvalue weighted by Crippen LogP contribution is 2.32. The zero-order valence-electron chi connectivity index (χ0n) is 21.5. The molecule has 192 valence electrons. The Hall–Kier alpha value is -2.00. The number of amides is 1. The summed E-state index contributed by atoms with van der Waals surface area (Å²) < 4.78 is 22.9. The van der Waals surface area contributed by atoms with E-state index in [1.165, 1.54) is 7.05 Å². The first-order valence-corrected chi connectivity index (χ1v) is 12.1. The van der Waals surface area contributed by atoms with Gasteiger partial charge in [-0.2, -0.15) is 0 Å². The van der Waals surface area contributed by atoms with Gasteiger partial charge in [0.05, 0.1) is 31.0 Å². The van der Waals surface area contributed by atoms with E-state index in [0.717, 1.165) is 24.7 Å². The number of aldehydes is 1. The number of carbonyl (C=O) groups is 2. The number of nitrogens with one attached hydrogen (secondary N) is 2. The molecule has 2 heterocycles. The molecule has 8 heteroatoms. The molecule has 1 amide bonds. The van der Waals surface area contributed by atoms with E-state index in [-0.39, 0.29) is 24.0 Å². The van der Waals surface area contributed by atoms with Gasteiger partial charge < -0.3 is 29.6 Å². The van der Waals surface area contributed by atoms with Crippen LogP contribution in [0.5, 0.6) is 0 Å². The number of rotatable bonds is 10. The Morgan fingerprint density at radius 2 is 1.97 bits per heavy atom. The number of carbonyl (C=O) groups excluding carboxylic acids is 2. The summed E-state index contributed by atoms with van der Waals surface area (Å²) in [4.78, 5) is 22.6. The smallest absolute Gasteiger partial charge is 0.407 e. The van der Waals surface area contributed by atoms with Crippen LogP contribution >= 0.6 is 0 Å². The van der Waals surface area contributed by atoms with Crippen molar-refractivity contribution in [2.45, 2.75) is 84.0 Å². The molecule has 0 aromatic rings. The largest absolute Gasteiger partial charge is 0.442 e. The summed E-state index contributed by atoms with van der Waals surface area (Å²) >= 11 is 0. The van der Waals surface area contributed by atoms with Gasteiger partial charge >= 0.3 is 6.09 Å². The maximum Gasteiger partial charge on any atom is 0.407 e. The number of ether oxygens (including phenoxy) is 4. The fourth-order valence-electron chi connectivity index (χ4n) is 4.31. The maximum absolute atomic E-state index is 11.3. The second-order valence-corrected chi connectivity index (χ2v) is 9.90. The Bertz CT molecular complexity index is 752. The van der Waals surface area contributed by atoms with Crippen LogP contribution in [0.15, 0.2) is 35.5 Å². The zero-order valence-corrected chi connectivity index (χ0v) is 21.5. The first-order chi connectivity index (χ1) is 16.1. The summed E-state index contributed by atoms with van der Waals surface area (Å²) in [5, 5.41) is 5.63. The second-order valence-electron chi connectivity index (χ2n) is 9.90. The molecular formula is C26H42N2O6. The number of hydrogen-bond donors (Lipinski definition) is 2. The third kappa shape index (κ3) is 10.5. The highest BCUT2D eigenvalue weighted by Gasteiger charge is 2.31. The lowest BCUT2D eigenvalue weighted by Gasteiger charge is -2.38. The summed E-state index contributed by atoms with van der Waals surface area (Å²) in [5.41, 5.74) is 1.59. The van der Waals surface area contributed by atoms with Gasteiger partial charge in [0.2, 0.25) is 0 Å². The quantitative estimate of drug-likeness (QED) is 0.281. The van der Waals surface area contributed by atoms with Crippen molar-refractivity contribution in [2.24, 2.45) is 5.92 Å². The Kier molecular flexibility index (Phi) is 11.4. The first-order valence-electron chi connectivity index (χ1n) is 12.1. The van der Waals surface area contributed by atoms with E-state index in [2.05, 4.69) is 56.6 Å². The highest BCUT2D eigenvalue weighted by atomic mass is 16.7. The van der Waals surface area contributed by atoms with E-state index in [1.807, 2.05) is 0 Å². The fourth-order valence-corrected chi connectivity index (χ4v) is 4.31. The van der Waals surface area contributed by atoms with Crippen LogP contribution in [0.1, 0.15) is 53.9 Å². The maximum atomic E-state index is 11.3. The van der Waals surface area contributed by atoms with E-state index in [0.29, 0.717) is 37.7 Å². The number of allylic oxidation sites excluding steroid dienone is 2. The van der Waals surface area contributed by atoms with Gasteiger partial charge in [-0.25, -0.2) is 4.79 Å². The van der Waals surface area contributed by atoms with Gasteiger partial charge in [0.15, 0.2) is 6.29 Å². The third-order valence-corrected chi connectivity index (χ3v) is 5.81. The van der Waals surface area contributed by atoms with Gasteiger partial charge in [-0.1, -0.05) is 30.7 Å². The SMILES string of the molecule is CNC(=O)OC(C)C=C(C=O)CNC1COC(CC=C(C)C=CC2CC(C)CC(C)(C)O2)OC1. The predicted octanol–water partition coefficient (Wildman–Crippen LogP) is 3.67. The summed E-state index contributed by atoms with van der Waals surface area (Å²) in [5.74, 6) is 0.658. The molecule has 0 radical (unpaired) electrons. The molecule has 3 atom stereocenters. The van der Waals surface area contributed by atoms with E-state index in [1.54, 1.807) is 13.0 Å². The molecule has 0 aliphatic carbocycles. The molecular weight excluding hydrogens is 436 g/mol. The van der Waals surface area contributed by atoms with Crippen molar-refractivity contribution in [3.05, 3.63) is 35.5 Å². The van der Waals surface area contributed by atoms with Crippen molar-refractivity contribution < 1.29 is 28.5 Å². The van der Waals surface area contributed by atoms with Crippen LogP contribution in [0.3, 0.4) is 0 Å². The Morgan fingerprint density at radius 3 is 2.59 bits per heavy atom. The molecule has 8 nitrogen and oxygen atoms in total. The van der Waals surface area contributed by atoms with Gasteiger partial charge in [0.25, 0.3) is 0 Å². The van der Waals surface area contributed by atoms with Crippen molar-refractivity contribution in [2.75, 3.05) is 26.8 Å². The van der Waals surface area contributed by atoms with E-state index < -0.39 is 12.2 Å². The zero-order chi connectivity index (χ0) is 25.1. The van der Waals surface area contributed by atoms with E-state index in [4.69, 9.17) is 18.9 Å². The minimum absolute atomic E-state index is 0.0199. The van der Waals surface area contributed by atoms with Gasteiger partial charge in [-0.05, 0) is 52.5 Å². The lowest BCUT2D eigenvalue weighted by molar-refractivity contribution is -0.186. The minimum atomic E-state index is -0.539. The van der Waals surface area contributed by atoms with E-state index >= 15 is 0 Å². The Morgan fingerprint density at radius 1 is 1.26 bits per heavy atom. The predicted molar refractivity (Wildman–Crippen MR) is 131 cm³/mol. The summed E-state index contributed by atoms with van der Waals surface area (Å²) in [6.45, 7) is 11.7. The fraction of sp³-hybridized carbons (Fsp3) is 0.692. The first kappa shape index (κ1) is 28.2. The molecule has 2 saturated heterocycles. The van der Waals surface area contributed by atoms with Crippen LogP contribution < -0.4 is 10.6 Å². The van der Waals surface area contributed by atoms with Gasteiger partial charge in [0, 0.05) is 25.6 Å². The standard InChI is InChI=1S/C26H42N2O6/c1-18(7-9-23-11-19(2)13-26(4,5)34-23)8-10-24-31-16-22(17-32-24)28-14-21(15-29)12-20(3)33-25(30)27-6/h7-9,12,15,19-20,22-24,28H,10-11,13-14,16-17H2,1-6H3,(H,27,30). The Labute approximate surface area is 204 Å². The average molecular weight is 479 g/mol. The van der Waals surface area contributed by atoms with Crippen LogP contribution in [0.25, 0.3) is 0 Å². The molecule has 0 aromatic carbocycles. The lowest BCUT2D eigenvalue weighted by Crippen LogP contribution is -2.45. The topological polar surface area (TPSA) is 95.1 Å². The summed E-state index contributed by atoms with van der Waals surface area (Å²) in [6, 6.07) is -0.0199. The van der Waals surface area contributed by atoms with Crippen molar-refractivity contribution >= 4 is 12.4 Å². The summed E-state index contributed by atoms with van der Waals surface area (Å²) in [6.07, 6.45) is 10.4. The molecule has 0 bridgehead atoms. The van der Waals surface area contributed by atoms with Crippen LogP contribution in [-0.4, -0.2) is 69.3 Å². The van der Waals surface area contributed by atoms with Gasteiger partial charge in [-0.15, -0.1) is 0 Å². The number of alkyl carbamates (subject to hydrolysis) is 1. The number of hydrogen-bond acceptors (Lipinski definition) is 7. The lowest BCUT2D eigenvalue weighted by atomic mass is 9.86. The highest BCUT2D eigenvalue weighted by molar-refractivity contribution is 5.74. The van der Waals surface area contributed by atoms with Gasteiger partial charge in [-0.3, -0.25) is 4.79 Å². The minimum Gasteiger partial charge on any atom is -0.442 e. The average Bonchev–Trinajstić information content (AvgIpc) is 2.78. The van der Waals surface area contributed by atoms with Crippen LogP contribution in [0, 0.1) is 5.92 Å². The van der Waals surface area contributed by atoms with Gasteiger partial charge in [0.1, 0.15) is 12.4 Å². The summed E-state index contributed by atoms with van der Waals surface area (Å²) in [7, 11) is 1.48. The van der Waals surface area contributed by atoms with Crippen LogP contribution in [0.2, 0.25) is 0 Å². The molecule has 2 rings (SSSR count). The molecule has 2 aliphatic heterocycles. The van der Waals surface area contributed by atoms with E-state index in [9.17, 15) is 9.59 Å². The molecule has 2 fully saturated rings. The van der Waals surface area contributed by atoms with Crippen LogP contribution in [-0.2, 0) is 23.7 Å². The molecule has 0 aromatic heterocycles. The van der Waals surface area contributed by atoms with Crippen molar-refractivity contribution in [3.63, 3.8) is 0 Å². The Balaban J connectivity index is 1.71. The molecule has 34 heavy (non-hydrogen) atoms. The van der Waals surface area contributed by atoms with Crippen molar-refractivity contribution in [1.82, 2.24) is 10.6 Å².